The molecule has 0 aromatic heterocycles. The third-order valence-corrected chi connectivity index (χ3v) is 5.47. The van der Waals surface area contributed by atoms with Crippen molar-refractivity contribution in [2.24, 2.45) is 29.6 Å². The molecule has 2 rings (SSSR count). The Morgan fingerprint density at radius 2 is 1.89 bits per heavy atom. The summed E-state index contributed by atoms with van der Waals surface area (Å²) in [5.41, 5.74) is 0. The molecule has 1 nitrogen and oxygen atoms in total. The fourth-order valence-corrected chi connectivity index (χ4v) is 4.31. The van der Waals surface area contributed by atoms with Crippen molar-refractivity contribution in [2.75, 3.05) is 0 Å². The van der Waals surface area contributed by atoms with Crippen LogP contribution in [0.2, 0.25) is 0 Å². The van der Waals surface area contributed by atoms with E-state index in [4.69, 9.17) is 0 Å². The summed E-state index contributed by atoms with van der Waals surface area (Å²) in [5, 5.41) is 0. The average molecular weight is 266 g/mol. The lowest BCUT2D eigenvalue weighted by Gasteiger charge is -2.43. The van der Waals surface area contributed by atoms with Gasteiger partial charge in [0.2, 0.25) is 0 Å². The zero-order valence-electron chi connectivity index (χ0n) is 12.3. The second-order valence-electron chi connectivity index (χ2n) is 6.71. The number of alkyl halides is 1. The number of hydrogen-bond acceptors (Lipinski definition) is 1. The van der Waals surface area contributed by atoms with Crippen molar-refractivity contribution in [1.29, 1.82) is 0 Å². The van der Waals surface area contributed by atoms with Crippen LogP contribution in [0.5, 0.6) is 0 Å². The Morgan fingerprint density at radius 3 is 2.53 bits per heavy atom. The highest BCUT2D eigenvalue weighted by Crippen LogP contribution is 2.46. The highest BCUT2D eigenvalue weighted by molar-refractivity contribution is 5.78. The fourth-order valence-electron chi connectivity index (χ4n) is 4.31. The second kappa shape index (κ2) is 6.19. The predicted molar refractivity (Wildman–Crippen MR) is 76.6 cm³/mol. The first-order valence-electron chi connectivity index (χ1n) is 7.81. The SMILES string of the molecule is C=CC1CCCCC1C1CC(C(C)=O)CC(C)C1F. The summed E-state index contributed by atoms with van der Waals surface area (Å²) in [5.74, 6) is 1.29. The van der Waals surface area contributed by atoms with Crippen LogP contribution in [-0.2, 0) is 4.79 Å². The number of carbonyl (C=O) groups is 1. The molecule has 2 fully saturated rings. The molecule has 108 valence electrons. The molecular weight excluding hydrogens is 239 g/mol. The van der Waals surface area contributed by atoms with E-state index in [1.54, 1.807) is 6.92 Å². The molecule has 0 spiro atoms. The summed E-state index contributed by atoms with van der Waals surface area (Å²) in [4.78, 5) is 11.7. The van der Waals surface area contributed by atoms with Crippen LogP contribution in [0.15, 0.2) is 12.7 Å². The molecule has 0 saturated heterocycles. The van der Waals surface area contributed by atoms with Crippen LogP contribution in [0.25, 0.3) is 0 Å². The molecule has 0 aromatic rings. The monoisotopic (exact) mass is 266 g/mol. The van der Waals surface area contributed by atoms with Crippen molar-refractivity contribution in [3.05, 3.63) is 12.7 Å². The number of halogens is 1. The molecule has 2 aliphatic carbocycles. The Balaban J connectivity index is 2.14. The van der Waals surface area contributed by atoms with Gasteiger partial charge in [0, 0.05) is 5.92 Å². The minimum Gasteiger partial charge on any atom is -0.300 e. The van der Waals surface area contributed by atoms with Gasteiger partial charge >= 0.3 is 0 Å². The van der Waals surface area contributed by atoms with Gasteiger partial charge in [0.15, 0.2) is 0 Å². The van der Waals surface area contributed by atoms with Gasteiger partial charge in [-0.15, -0.1) is 6.58 Å². The van der Waals surface area contributed by atoms with E-state index < -0.39 is 6.17 Å². The fraction of sp³-hybridized carbons (Fsp3) is 0.824. The van der Waals surface area contributed by atoms with Gasteiger partial charge in [-0.3, -0.25) is 4.79 Å². The van der Waals surface area contributed by atoms with Gasteiger partial charge in [-0.2, -0.15) is 0 Å². The summed E-state index contributed by atoms with van der Waals surface area (Å²) in [6.07, 6.45) is 7.49. The number of ketones is 1. The smallest absolute Gasteiger partial charge is 0.132 e. The number of rotatable bonds is 3. The lowest BCUT2D eigenvalue weighted by molar-refractivity contribution is -0.124. The van der Waals surface area contributed by atoms with Gasteiger partial charge in [-0.05, 0) is 56.3 Å². The van der Waals surface area contributed by atoms with Crippen LogP contribution in [0.3, 0.4) is 0 Å². The molecule has 2 saturated carbocycles. The first kappa shape index (κ1) is 14.7. The lowest BCUT2D eigenvalue weighted by atomic mass is 9.62. The zero-order valence-corrected chi connectivity index (χ0v) is 12.3. The van der Waals surface area contributed by atoms with Crippen LogP contribution in [0, 0.1) is 29.6 Å². The maximum absolute atomic E-state index is 14.6. The Bertz CT molecular complexity index is 338. The van der Waals surface area contributed by atoms with E-state index in [1.807, 2.05) is 13.0 Å². The van der Waals surface area contributed by atoms with Gasteiger partial charge in [-0.1, -0.05) is 25.8 Å². The minimum atomic E-state index is -0.735. The summed E-state index contributed by atoms with van der Waals surface area (Å²) in [6, 6.07) is 0. The summed E-state index contributed by atoms with van der Waals surface area (Å²) < 4.78 is 14.6. The molecule has 0 heterocycles. The number of allylic oxidation sites excluding steroid dienone is 1. The Labute approximate surface area is 116 Å². The Morgan fingerprint density at radius 1 is 1.21 bits per heavy atom. The molecule has 2 heteroatoms. The van der Waals surface area contributed by atoms with Gasteiger partial charge in [-0.25, -0.2) is 4.39 Å². The largest absolute Gasteiger partial charge is 0.300 e. The molecule has 0 aromatic carbocycles. The highest BCUT2D eigenvalue weighted by Gasteiger charge is 2.43. The minimum absolute atomic E-state index is 0.0278. The van der Waals surface area contributed by atoms with Crippen molar-refractivity contribution < 1.29 is 9.18 Å². The first-order valence-corrected chi connectivity index (χ1v) is 7.81. The van der Waals surface area contributed by atoms with E-state index in [2.05, 4.69) is 6.58 Å². The number of carbonyl (C=O) groups excluding carboxylic acids is 1. The molecule has 0 N–H and O–H groups in total. The molecule has 0 bridgehead atoms. The topological polar surface area (TPSA) is 17.1 Å². The van der Waals surface area contributed by atoms with Crippen molar-refractivity contribution in [2.45, 2.75) is 58.5 Å². The summed E-state index contributed by atoms with van der Waals surface area (Å²) in [7, 11) is 0. The highest BCUT2D eigenvalue weighted by atomic mass is 19.1. The average Bonchev–Trinajstić information content (AvgIpc) is 2.41. The third-order valence-electron chi connectivity index (χ3n) is 5.47. The molecule has 6 unspecified atom stereocenters. The lowest BCUT2D eigenvalue weighted by Crippen LogP contribution is -2.41. The van der Waals surface area contributed by atoms with Crippen LogP contribution >= 0.6 is 0 Å². The van der Waals surface area contributed by atoms with E-state index in [0.29, 0.717) is 11.8 Å². The van der Waals surface area contributed by atoms with Crippen molar-refractivity contribution in [3.63, 3.8) is 0 Å². The molecule has 6 atom stereocenters. The van der Waals surface area contributed by atoms with Gasteiger partial charge in [0.25, 0.3) is 0 Å². The van der Waals surface area contributed by atoms with Crippen molar-refractivity contribution >= 4 is 5.78 Å². The normalized spacial score (nSPS) is 43.7. The van der Waals surface area contributed by atoms with E-state index >= 15 is 0 Å². The summed E-state index contributed by atoms with van der Waals surface area (Å²) >= 11 is 0. The second-order valence-corrected chi connectivity index (χ2v) is 6.71. The van der Waals surface area contributed by atoms with Crippen LogP contribution in [0.1, 0.15) is 52.4 Å². The standard InChI is InChI=1S/C17H27FO/c1-4-13-7-5-6-8-15(13)16-10-14(12(3)19)9-11(2)17(16)18/h4,11,13-17H,1,5-10H2,2-3H3. The van der Waals surface area contributed by atoms with E-state index in [9.17, 15) is 9.18 Å². The molecule has 2 aliphatic rings. The predicted octanol–water partition coefficient (Wildman–Crippen LogP) is 4.57. The van der Waals surface area contributed by atoms with Crippen LogP contribution < -0.4 is 0 Å². The molecule has 0 aliphatic heterocycles. The molecular formula is C17H27FO. The van der Waals surface area contributed by atoms with Crippen molar-refractivity contribution in [1.82, 2.24) is 0 Å². The summed E-state index contributed by atoms with van der Waals surface area (Å²) in [6.45, 7) is 7.57. The first-order chi connectivity index (χ1) is 9.04. The maximum atomic E-state index is 14.6. The quantitative estimate of drug-likeness (QED) is 0.684. The van der Waals surface area contributed by atoms with E-state index in [-0.39, 0.29) is 23.5 Å². The van der Waals surface area contributed by atoms with Gasteiger partial charge in [0.1, 0.15) is 12.0 Å². The third kappa shape index (κ3) is 3.09. The van der Waals surface area contributed by atoms with E-state index in [1.165, 1.54) is 12.8 Å². The van der Waals surface area contributed by atoms with Crippen LogP contribution in [-0.4, -0.2) is 12.0 Å². The Kier molecular flexibility index (Phi) is 4.81. The Hall–Kier alpha value is -0.660. The van der Waals surface area contributed by atoms with Gasteiger partial charge < -0.3 is 0 Å². The van der Waals surface area contributed by atoms with Gasteiger partial charge in [0.05, 0.1) is 0 Å². The molecule has 0 amide bonds. The number of Topliss-reactive ketones (excluding diaryl/α,β-unsaturated/α-hetero) is 1. The van der Waals surface area contributed by atoms with Crippen molar-refractivity contribution in [3.8, 4) is 0 Å². The molecule has 0 radical (unpaired) electrons. The molecule has 19 heavy (non-hydrogen) atoms. The zero-order chi connectivity index (χ0) is 14.0. The van der Waals surface area contributed by atoms with Crippen LogP contribution in [0.4, 0.5) is 4.39 Å². The van der Waals surface area contributed by atoms with E-state index in [0.717, 1.165) is 25.7 Å². The maximum Gasteiger partial charge on any atom is 0.132 e. The number of hydrogen-bond donors (Lipinski definition) is 0.